The van der Waals surface area contributed by atoms with Crippen LogP contribution in [0.4, 0.5) is 5.69 Å². The van der Waals surface area contributed by atoms with Crippen molar-refractivity contribution >= 4 is 29.6 Å². The fourth-order valence-corrected chi connectivity index (χ4v) is 2.94. The lowest BCUT2D eigenvalue weighted by molar-refractivity contribution is -0.386. The fourth-order valence-electron chi connectivity index (χ4n) is 2.17. The molecule has 0 aliphatic heterocycles. The molecule has 2 N–H and O–H groups in total. The van der Waals surface area contributed by atoms with E-state index in [1.54, 1.807) is 12.1 Å². The van der Waals surface area contributed by atoms with E-state index < -0.39 is 21.9 Å². The van der Waals surface area contributed by atoms with E-state index >= 15 is 0 Å². The number of aromatic amines is 2. The van der Waals surface area contributed by atoms with Gasteiger partial charge in [-0.15, -0.1) is 0 Å². The lowest BCUT2D eigenvalue weighted by atomic mass is 10.2. The maximum Gasteiger partial charge on any atom is 0.357 e. The van der Waals surface area contributed by atoms with Gasteiger partial charge in [-0.1, -0.05) is 29.5 Å². The van der Waals surface area contributed by atoms with Gasteiger partial charge in [-0.05, 0) is 43.3 Å². The van der Waals surface area contributed by atoms with Crippen LogP contribution in [0.5, 0.6) is 0 Å². The van der Waals surface area contributed by atoms with Crippen LogP contribution < -0.4 is 11.2 Å². The second kappa shape index (κ2) is 7.28. The number of aromatic nitrogens is 2. The summed E-state index contributed by atoms with van der Waals surface area (Å²) in [5.74, 6) is 0.426. The molecule has 2 heterocycles. The number of hydrogen-bond acceptors (Lipinski definition) is 6. The molecule has 0 fully saturated rings. The van der Waals surface area contributed by atoms with Crippen molar-refractivity contribution in [3.05, 3.63) is 84.4 Å². The Hall–Kier alpha value is -3.33. The highest BCUT2D eigenvalue weighted by Crippen LogP contribution is 2.30. The number of nitrogens with zero attached hydrogens (tertiary/aromatic N) is 1. The Balaban J connectivity index is 1.83. The highest BCUT2D eigenvalue weighted by Gasteiger charge is 2.18. The van der Waals surface area contributed by atoms with Crippen LogP contribution >= 0.6 is 11.8 Å². The predicted molar refractivity (Wildman–Crippen MR) is 97.3 cm³/mol. The Morgan fingerprint density at radius 1 is 1.08 bits per heavy atom. The van der Waals surface area contributed by atoms with E-state index in [1.807, 2.05) is 36.2 Å². The van der Waals surface area contributed by atoms with E-state index in [0.29, 0.717) is 10.9 Å². The van der Waals surface area contributed by atoms with E-state index in [2.05, 4.69) is 4.98 Å². The SMILES string of the molecule is Cc1ccc(Sc2ccc(/C=C/c3[nH]c(=O)[nH]c(=O)c3[N+](=O)[O-])o2)cc1. The smallest absolute Gasteiger partial charge is 0.357 e. The molecular weight excluding hydrogens is 358 g/mol. The molecule has 0 atom stereocenters. The van der Waals surface area contributed by atoms with Crippen molar-refractivity contribution in [2.24, 2.45) is 0 Å². The molecular formula is C17H13N3O5S. The Kier molecular flexibility index (Phi) is 4.90. The monoisotopic (exact) mass is 371 g/mol. The van der Waals surface area contributed by atoms with E-state index in [9.17, 15) is 19.7 Å². The number of aryl methyl sites for hydroxylation is 1. The van der Waals surface area contributed by atoms with Gasteiger partial charge in [-0.2, -0.15) is 0 Å². The molecule has 132 valence electrons. The van der Waals surface area contributed by atoms with Gasteiger partial charge in [0.05, 0.1) is 4.92 Å². The molecule has 2 aromatic heterocycles. The van der Waals surface area contributed by atoms with Crippen molar-refractivity contribution in [2.45, 2.75) is 16.9 Å². The zero-order chi connectivity index (χ0) is 18.7. The summed E-state index contributed by atoms with van der Waals surface area (Å²) in [6.07, 6.45) is 2.70. The summed E-state index contributed by atoms with van der Waals surface area (Å²) in [6, 6.07) is 11.4. The molecule has 0 aliphatic rings. The second-order valence-corrected chi connectivity index (χ2v) is 6.41. The zero-order valence-corrected chi connectivity index (χ0v) is 14.3. The third-order valence-electron chi connectivity index (χ3n) is 3.38. The predicted octanol–water partition coefficient (Wildman–Crippen LogP) is 3.19. The van der Waals surface area contributed by atoms with Gasteiger partial charge in [0, 0.05) is 4.90 Å². The molecule has 1 aromatic carbocycles. The molecule has 3 rings (SSSR count). The normalized spacial score (nSPS) is 11.1. The van der Waals surface area contributed by atoms with E-state index in [4.69, 9.17) is 4.42 Å². The fraction of sp³-hybridized carbons (Fsp3) is 0.0588. The summed E-state index contributed by atoms with van der Waals surface area (Å²) in [5.41, 5.74) is -1.66. The highest BCUT2D eigenvalue weighted by molar-refractivity contribution is 7.99. The van der Waals surface area contributed by atoms with Gasteiger partial charge in [0.25, 0.3) is 0 Å². The summed E-state index contributed by atoms with van der Waals surface area (Å²) < 4.78 is 5.63. The van der Waals surface area contributed by atoms with Crippen molar-refractivity contribution in [1.29, 1.82) is 0 Å². The van der Waals surface area contributed by atoms with Crippen LogP contribution in [-0.2, 0) is 0 Å². The second-order valence-electron chi connectivity index (χ2n) is 5.33. The number of hydrogen-bond donors (Lipinski definition) is 2. The van der Waals surface area contributed by atoms with Crippen molar-refractivity contribution in [2.75, 3.05) is 0 Å². The minimum Gasteiger partial charge on any atom is -0.450 e. The van der Waals surface area contributed by atoms with E-state index in [1.165, 1.54) is 23.9 Å². The minimum atomic E-state index is -1.06. The molecule has 0 aliphatic carbocycles. The molecule has 9 heteroatoms. The van der Waals surface area contributed by atoms with Gasteiger partial charge in [0.2, 0.25) is 0 Å². The van der Waals surface area contributed by atoms with E-state index in [0.717, 1.165) is 10.5 Å². The molecule has 0 saturated carbocycles. The van der Waals surface area contributed by atoms with Crippen LogP contribution in [0.1, 0.15) is 17.0 Å². The zero-order valence-electron chi connectivity index (χ0n) is 13.5. The maximum absolute atomic E-state index is 11.6. The number of nitrogens with one attached hydrogen (secondary N) is 2. The first kappa shape index (κ1) is 17.5. The number of benzene rings is 1. The average Bonchev–Trinajstić information content (AvgIpc) is 3.01. The van der Waals surface area contributed by atoms with Gasteiger partial charge in [0.15, 0.2) is 5.09 Å². The third kappa shape index (κ3) is 4.01. The van der Waals surface area contributed by atoms with Gasteiger partial charge >= 0.3 is 16.9 Å². The Morgan fingerprint density at radius 2 is 1.81 bits per heavy atom. The van der Waals surface area contributed by atoms with Gasteiger partial charge < -0.3 is 9.40 Å². The topological polar surface area (TPSA) is 122 Å². The Labute approximate surface area is 150 Å². The van der Waals surface area contributed by atoms with Crippen LogP contribution in [-0.4, -0.2) is 14.9 Å². The molecule has 3 aromatic rings. The Morgan fingerprint density at radius 3 is 2.50 bits per heavy atom. The summed E-state index contributed by atoms with van der Waals surface area (Å²) in [6.45, 7) is 2.00. The molecule has 0 spiro atoms. The number of nitro groups is 1. The Bertz CT molecular complexity index is 1090. The average molecular weight is 371 g/mol. The molecule has 8 nitrogen and oxygen atoms in total. The van der Waals surface area contributed by atoms with Gasteiger partial charge in [-0.3, -0.25) is 19.9 Å². The summed E-state index contributed by atoms with van der Waals surface area (Å²) in [7, 11) is 0. The minimum absolute atomic E-state index is 0.201. The molecule has 0 bridgehead atoms. The number of rotatable bonds is 5. The highest BCUT2D eigenvalue weighted by atomic mass is 32.2. The number of H-pyrrole nitrogens is 2. The maximum atomic E-state index is 11.6. The van der Waals surface area contributed by atoms with Crippen LogP contribution in [0, 0.1) is 17.0 Å². The van der Waals surface area contributed by atoms with Crippen molar-refractivity contribution in [3.63, 3.8) is 0 Å². The van der Waals surface area contributed by atoms with Crippen LogP contribution in [0.25, 0.3) is 12.2 Å². The first-order valence-corrected chi connectivity index (χ1v) is 8.27. The third-order valence-corrected chi connectivity index (χ3v) is 4.31. The molecule has 26 heavy (non-hydrogen) atoms. The molecule has 0 amide bonds. The van der Waals surface area contributed by atoms with Crippen molar-refractivity contribution in [3.8, 4) is 0 Å². The van der Waals surface area contributed by atoms with Crippen molar-refractivity contribution in [1.82, 2.24) is 9.97 Å². The first-order chi connectivity index (χ1) is 12.4. The lowest BCUT2D eigenvalue weighted by Crippen LogP contribution is -2.25. The van der Waals surface area contributed by atoms with Crippen LogP contribution in [0.15, 0.2) is 60.4 Å². The van der Waals surface area contributed by atoms with Gasteiger partial charge in [-0.25, -0.2) is 4.79 Å². The molecule has 0 radical (unpaired) electrons. The van der Waals surface area contributed by atoms with Crippen LogP contribution in [0.2, 0.25) is 0 Å². The lowest BCUT2D eigenvalue weighted by Gasteiger charge is -1.98. The largest absolute Gasteiger partial charge is 0.450 e. The molecule has 0 saturated heterocycles. The molecule has 0 unspecified atom stereocenters. The van der Waals surface area contributed by atoms with E-state index in [-0.39, 0.29) is 5.69 Å². The quantitative estimate of drug-likeness (QED) is 0.524. The van der Waals surface area contributed by atoms with Crippen LogP contribution in [0.3, 0.4) is 0 Å². The van der Waals surface area contributed by atoms with Crippen molar-refractivity contribution < 1.29 is 9.34 Å². The van der Waals surface area contributed by atoms with Gasteiger partial charge in [0.1, 0.15) is 11.5 Å². The summed E-state index contributed by atoms with van der Waals surface area (Å²) >= 11 is 1.43. The first-order valence-electron chi connectivity index (χ1n) is 7.46. The summed E-state index contributed by atoms with van der Waals surface area (Å²) in [5, 5.41) is 11.6. The standard InChI is InChI=1S/C17H13N3O5S/c1-10-2-6-12(7-3-10)26-14-9-5-11(25-14)4-8-13-15(20(23)24)16(21)19-17(22)18-13/h2-9H,1H3,(H2,18,19,21,22)/b8-4+. The summed E-state index contributed by atoms with van der Waals surface area (Å²) in [4.78, 5) is 38.1. The number of furan rings is 1.